The fraction of sp³-hybridized carbons (Fsp3) is 0.167. The van der Waals surface area contributed by atoms with E-state index in [2.05, 4.69) is 0 Å². The second-order valence-electron chi connectivity index (χ2n) is 3.63. The first-order chi connectivity index (χ1) is 8.00. The van der Waals surface area contributed by atoms with Crippen molar-refractivity contribution in [1.82, 2.24) is 0 Å². The summed E-state index contributed by atoms with van der Waals surface area (Å²) in [5.74, 6) is 0. The largest absolute Gasteiger partial charge is 0.145 e. The molecule has 2 aromatic rings. The zero-order valence-corrected chi connectivity index (χ0v) is 12.6. The fourth-order valence-corrected chi connectivity index (χ4v) is 3.73. The molecule has 0 N–H and O–H groups in total. The number of hydrogen-bond acceptors (Lipinski definition) is 1. The smallest absolute Gasteiger partial charge is 0.0957 e. The first-order valence-electron chi connectivity index (χ1n) is 4.83. The van der Waals surface area contributed by atoms with Crippen LogP contribution in [-0.4, -0.2) is 0 Å². The molecule has 1 aromatic carbocycles. The van der Waals surface area contributed by atoms with Gasteiger partial charge in [-0.1, -0.05) is 34.8 Å². The average Bonchev–Trinajstić information content (AvgIpc) is 2.62. The lowest BCUT2D eigenvalue weighted by molar-refractivity contribution is 1.18. The van der Waals surface area contributed by atoms with Crippen LogP contribution in [-0.2, 0) is 0 Å². The molecule has 1 atom stereocenters. The Morgan fingerprint density at radius 3 is 2.47 bits per heavy atom. The van der Waals surface area contributed by atoms with Crippen molar-refractivity contribution in [2.75, 3.05) is 0 Å². The van der Waals surface area contributed by atoms with E-state index in [0.29, 0.717) is 15.1 Å². The van der Waals surface area contributed by atoms with E-state index in [1.165, 1.54) is 11.3 Å². The Balaban J connectivity index is 2.47. The van der Waals surface area contributed by atoms with Crippen LogP contribution in [0.15, 0.2) is 23.6 Å². The summed E-state index contributed by atoms with van der Waals surface area (Å²) < 4.78 is 0. The van der Waals surface area contributed by atoms with E-state index in [1.807, 2.05) is 12.3 Å². The molecule has 0 amide bonds. The fourth-order valence-electron chi connectivity index (χ4n) is 1.47. The van der Waals surface area contributed by atoms with E-state index in [4.69, 9.17) is 46.4 Å². The lowest BCUT2D eigenvalue weighted by Gasteiger charge is -2.11. The van der Waals surface area contributed by atoms with Crippen LogP contribution in [0.5, 0.6) is 0 Å². The van der Waals surface area contributed by atoms with Crippen LogP contribution in [0, 0.1) is 6.92 Å². The Bertz CT molecular complexity index is 547. The van der Waals surface area contributed by atoms with Gasteiger partial charge in [-0.25, -0.2) is 0 Å². The quantitative estimate of drug-likeness (QED) is 0.565. The summed E-state index contributed by atoms with van der Waals surface area (Å²) in [5.41, 5.74) is 1.81. The maximum atomic E-state index is 6.41. The third-order valence-corrected chi connectivity index (χ3v) is 5.33. The Morgan fingerprint density at radius 1 is 1.18 bits per heavy atom. The van der Waals surface area contributed by atoms with Crippen molar-refractivity contribution < 1.29 is 0 Å². The lowest BCUT2D eigenvalue weighted by Crippen LogP contribution is -1.92. The molecule has 0 spiro atoms. The summed E-state index contributed by atoms with van der Waals surface area (Å²) in [7, 11) is 0. The van der Waals surface area contributed by atoms with Gasteiger partial charge in [-0.3, -0.25) is 0 Å². The molecular formula is C12H8Cl4S. The summed E-state index contributed by atoms with van der Waals surface area (Å²) in [6.45, 7) is 1.95. The molecule has 0 saturated carbocycles. The minimum Gasteiger partial charge on any atom is -0.145 e. The summed E-state index contributed by atoms with van der Waals surface area (Å²) in [5, 5.41) is 3.51. The van der Waals surface area contributed by atoms with E-state index < -0.39 is 0 Å². The van der Waals surface area contributed by atoms with Gasteiger partial charge in [0.2, 0.25) is 0 Å². The van der Waals surface area contributed by atoms with Crippen LogP contribution >= 0.6 is 57.7 Å². The molecular weight excluding hydrogens is 318 g/mol. The summed E-state index contributed by atoms with van der Waals surface area (Å²) in [4.78, 5) is 0.898. The summed E-state index contributed by atoms with van der Waals surface area (Å²) in [6, 6.07) is 5.24. The maximum Gasteiger partial charge on any atom is 0.0957 e. The van der Waals surface area contributed by atoms with Gasteiger partial charge in [-0.15, -0.1) is 22.9 Å². The summed E-state index contributed by atoms with van der Waals surface area (Å²) in [6.07, 6.45) is 0. The SMILES string of the molecule is Cc1csc(C(Cl)c2cc(Cl)ccc2Cl)c1Cl. The van der Waals surface area contributed by atoms with Gasteiger partial charge in [0, 0.05) is 14.9 Å². The molecule has 2 rings (SSSR count). The van der Waals surface area contributed by atoms with Gasteiger partial charge in [0.15, 0.2) is 0 Å². The van der Waals surface area contributed by atoms with Gasteiger partial charge in [0.05, 0.1) is 10.4 Å². The Labute approximate surface area is 124 Å². The second-order valence-corrected chi connectivity index (χ2v) is 6.19. The molecule has 0 radical (unpaired) electrons. The Kier molecular flexibility index (Phi) is 4.27. The van der Waals surface area contributed by atoms with Crippen LogP contribution in [0.3, 0.4) is 0 Å². The normalized spacial score (nSPS) is 12.8. The maximum absolute atomic E-state index is 6.41. The van der Waals surface area contributed by atoms with Crippen LogP contribution in [0.25, 0.3) is 0 Å². The van der Waals surface area contributed by atoms with Crippen molar-refractivity contribution in [3.8, 4) is 0 Å². The monoisotopic (exact) mass is 324 g/mol. The van der Waals surface area contributed by atoms with Crippen molar-refractivity contribution in [2.45, 2.75) is 12.3 Å². The molecule has 0 fully saturated rings. The Morgan fingerprint density at radius 2 is 1.88 bits per heavy atom. The number of thiophene rings is 1. The Hall–Kier alpha value is 0.0800. The second kappa shape index (κ2) is 5.38. The van der Waals surface area contributed by atoms with Gasteiger partial charge in [0.1, 0.15) is 0 Å². The predicted octanol–water partition coefficient (Wildman–Crippen LogP) is 6.34. The standard InChI is InChI=1S/C12H8Cl4S/c1-6-5-17-12(10(6)15)11(16)8-4-7(13)2-3-9(8)14/h2-5,11H,1H3. The molecule has 0 saturated heterocycles. The highest BCUT2D eigenvalue weighted by atomic mass is 35.5. The highest BCUT2D eigenvalue weighted by Crippen LogP contribution is 2.42. The van der Waals surface area contributed by atoms with E-state index in [9.17, 15) is 0 Å². The van der Waals surface area contributed by atoms with Crippen molar-refractivity contribution >= 4 is 57.7 Å². The molecule has 5 heteroatoms. The zero-order chi connectivity index (χ0) is 12.6. The molecule has 1 aromatic heterocycles. The van der Waals surface area contributed by atoms with E-state index in [-0.39, 0.29) is 5.38 Å². The van der Waals surface area contributed by atoms with Crippen molar-refractivity contribution in [3.63, 3.8) is 0 Å². The van der Waals surface area contributed by atoms with Gasteiger partial charge < -0.3 is 0 Å². The molecule has 0 aliphatic carbocycles. The van der Waals surface area contributed by atoms with Gasteiger partial charge in [-0.05, 0) is 41.6 Å². The molecule has 0 aliphatic heterocycles. The highest BCUT2D eigenvalue weighted by Gasteiger charge is 2.20. The van der Waals surface area contributed by atoms with Gasteiger partial charge >= 0.3 is 0 Å². The number of halogens is 4. The van der Waals surface area contributed by atoms with Crippen molar-refractivity contribution in [3.05, 3.63) is 54.7 Å². The number of hydrogen-bond donors (Lipinski definition) is 0. The molecule has 1 heterocycles. The number of benzene rings is 1. The zero-order valence-electron chi connectivity index (χ0n) is 8.81. The average molecular weight is 326 g/mol. The third-order valence-electron chi connectivity index (χ3n) is 2.39. The van der Waals surface area contributed by atoms with E-state index in [1.54, 1.807) is 18.2 Å². The first kappa shape index (κ1) is 13.5. The van der Waals surface area contributed by atoms with Crippen molar-refractivity contribution in [2.24, 2.45) is 0 Å². The summed E-state index contributed by atoms with van der Waals surface area (Å²) >= 11 is 26.2. The minimum absolute atomic E-state index is 0.368. The predicted molar refractivity (Wildman–Crippen MR) is 78.2 cm³/mol. The van der Waals surface area contributed by atoms with Crippen LogP contribution in [0.1, 0.15) is 21.4 Å². The van der Waals surface area contributed by atoms with E-state index in [0.717, 1.165) is 16.0 Å². The third kappa shape index (κ3) is 2.74. The number of rotatable bonds is 2. The molecule has 17 heavy (non-hydrogen) atoms. The molecule has 0 nitrogen and oxygen atoms in total. The van der Waals surface area contributed by atoms with E-state index >= 15 is 0 Å². The minimum atomic E-state index is -0.368. The number of aryl methyl sites for hydroxylation is 1. The first-order valence-corrected chi connectivity index (χ1v) is 7.28. The van der Waals surface area contributed by atoms with Crippen LogP contribution in [0.2, 0.25) is 15.1 Å². The topological polar surface area (TPSA) is 0 Å². The lowest BCUT2D eigenvalue weighted by atomic mass is 10.1. The van der Waals surface area contributed by atoms with Gasteiger partial charge in [-0.2, -0.15) is 0 Å². The molecule has 0 aliphatic rings. The number of alkyl halides is 1. The highest BCUT2D eigenvalue weighted by molar-refractivity contribution is 7.11. The van der Waals surface area contributed by atoms with Crippen molar-refractivity contribution in [1.29, 1.82) is 0 Å². The molecule has 0 bridgehead atoms. The van der Waals surface area contributed by atoms with Gasteiger partial charge in [0.25, 0.3) is 0 Å². The van der Waals surface area contributed by atoms with Crippen LogP contribution in [0.4, 0.5) is 0 Å². The molecule has 1 unspecified atom stereocenters. The molecule has 90 valence electrons. The van der Waals surface area contributed by atoms with Crippen LogP contribution < -0.4 is 0 Å².